The first-order valence-corrected chi connectivity index (χ1v) is 12.8. The van der Waals surface area contributed by atoms with Gasteiger partial charge in [-0.3, -0.25) is 9.69 Å². The SMILES string of the molecule is COc1ccc2c(C)c(CC(=O)N3CCN(C(c4ccccc4)c4ccccc4)CC3)c(=O)oc2c1OC. The second kappa shape index (κ2) is 11.1. The fraction of sp³-hybridized carbons (Fsp3) is 0.290. The van der Waals surface area contributed by atoms with E-state index in [0.29, 0.717) is 35.7 Å². The van der Waals surface area contributed by atoms with E-state index in [-0.39, 0.29) is 18.4 Å². The van der Waals surface area contributed by atoms with Gasteiger partial charge in [-0.05, 0) is 35.7 Å². The third kappa shape index (κ3) is 4.89. The van der Waals surface area contributed by atoms with Crippen LogP contribution >= 0.6 is 0 Å². The number of hydrogen-bond acceptors (Lipinski definition) is 6. The lowest BCUT2D eigenvalue weighted by Gasteiger charge is -2.40. The molecule has 1 amide bonds. The third-order valence-electron chi connectivity index (χ3n) is 7.39. The van der Waals surface area contributed by atoms with Crippen LogP contribution in [0.4, 0.5) is 0 Å². The van der Waals surface area contributed by atoms with E-state index in [4.69, 9.17) is 13.9 Å². The van der Waals surface area contributed by atoms with Crippen LogP contribution in [-0.4, -0.2) is 56.1 Å². The van der Waals surface area contributed by atoms with Gasteiger partial charge in [-0.2, -0.15) is 0 Å². The molecule has 5 rings (SSSR count). The number of hydrogen-bond donors (Lipinski definition) is 0. The maximum Gasteiger partial charge on any atom is 0.340 e. The van der Waals surface area contributed by atoms with Crippen LogP contribution in [0.1, 0.15) is 28.3 Å². The Balaban J connectivity index is 1.34. The van der Waals surface area contributed by atoms with Crippen molar-refractivity contribution in [1.82, 2.24) is 9.80 Å². The molecule has 7 nitrogen and oxygen atoms in total. The minimum atomic E-state index is -0.526. The van der Waals surface area contributed by atoms with Gasteiger partial charge in [-0.25, -0.2) is 4.79 Å². The summed E-state index contributed by atoms with van der Waals surface area (Å²) in [5, 5.41) is 0.725. The molecule has 0 saturated carbocycles. The Morgan fingerprint density at radius 3 is 2.03 bits per heavy atom. The molecule has 0 N–H and O–H groups in total. The first kappa shape index (κ1) is 25.5. The van der Waals surface area contributed by atoms with Crippen LogP contribution in [0, 0.1) is 6.92 Å². The van der Waals surface area contributed by atoms with Crippen molar-refractivity contribution in [3.05, 3.63) is 105 Å². The van der Waals surface area contributed by atoms with Gasteiger partial charge in [-0.15, -0.1) is 0 Å². The highest BCUT2D eigenvalue weighted by molar-refractivity contribution is 5.90. The molecule has 3 aromatic carbocycles. The van der Waals surface area contributed by atoms with Crippen LogP contribution in [0.2, 0.25) is 0 Å². The van der Waals surface area contributed by atoms with E-state index in [1.54, 1.807) is 6.07 Å². The molecule has 4 aromatic rings. The average molecular weight is 513 g/mol. The molecule has 38 heavy (non-hydrogen) atoms. The zero-order valence-electron chi connectivity index (χ0n) is 22.0. The van der Waals surface area contributed by atoms with Gasteiger partial charge >= 0.3 is 5.63 Å². The molecule has 1 aromatic heterocycles. The van der Waals surface area contributed by atoms with Crippen LogP contribution in [0.5, 0.6) is 11.5 Å². The van der Waals surface area contributed by atoms with Crippen molar-refractivity contribution < 1.29 is 18.7 Å². The normalized spacial score (nSPS) is 14.2. The summed E-state index contributed by atoms with van der Waals surface area (Å²) >= 11 is 0. The Labute approximate surface area is 222 Å². The summed E-state index contributed by atoms with van der Waals surface area (Å²) in [7, 11) is 3.03. The van der Waals surface area contributed by atoms with E-state index in [1.165, 1.54) is 25.3 Å². The van der Waals surface area contributed by atoms with Crippen LogP contribution in [-0.2, 0) is 11.2 Å². The van der Waals surface area contributed by atoms with Crippen LogP contribution in [0.3, 0.4) is 0 Å². The topological polar surface area (TPSA) is 72.2 Å². The number of methoxy groups -OCH3 is 2. The fourth-order valence-electron chi connectivity index (χ4n) is 5.35. The van der Waals surface area contributed by atoms with E-state index in [9.17, 15) is 9.59 Å². The molecule has 0 aliphatic carbocycles. The largest absolute Gasteiger partial charge is 0.493 e. The monoisotopic (exact) mass is 512 g/mol. The van der Waals surface area contributed by atoms with Crippen molar-refractivity contribution in [1.29, 1.82) is 0 Å². The van der Waals surface area contributed by atoms with Gasteiger partial charge in [-0.1, -0.05) is 60.7 Å². The van der Waals surface area contributed by atoms with Gasteiger partial charge in [0, 0.05) is 31.6 Å². The number of rotatable bonds is 7. The second-order valence-corrected chi connectivity index (χ2v) is 9.49. The molecule has 7 heteroatoms. The Hall–Kier alpha value is -4.10. The molecule has 0 spiro atoms. The fourth-order valence-corrected chi connectivity index (χ4v) is 5.35. The zero-order chi connectivity index (χ0) is 26.6. The lowest BCUT2D eigenvalue weighted by Crippen LogP contribution is -2.50. The molecule has 1 aliphatic rings. The van der Waals surface area contributed by atoms with Crippen molar-refractivity contribution in [3.8, 4) is 11.5 Å². The van der Waals surface area contributed by atoms with Gasteiger partial charge in [0.05, 0.1) is 32.2 Å². The Morgan fingerprint density at radius 1 is 0.868 bits per heavy atom. The van der Waals surface area contributed by atoms with Gasteiger partial charge in [0.25, 0.3) is 0 Å². The molecule has 0 unspecified atom stereocenters. The number of carbonyl (C=O) groups excluding carboxylic acids is 1. The third-order valence-corrected chi connectivity index (χ3v) is 7.39. The van der Waals surface area contributed by atoms with Gasteiger partial charge in [0.15, 0.2) is 11.3 Å². The van der Waals surface area contributed by atoms with E-state index < -0.39 is 5.63 Å². The molecule has 2 heterocycles. The van der Waals surface area contributed by atoms with Gasteiger partial charge in [0.2, 0.25) is 11.7 Å². The van der Waals surface area contributed by atoms with Crippen LogP contribution < -0.4 is 15.1 Å². The summed E-state index contributed by atoms with van der Waals surface area (Å²) in [5.74, 6) is 0.773. The zero-order valence-corrected chi connectivity index (χ0v) is 22.0. The molecular formula is C31H32N2O5. The summed E-state index contributed by atoms with van der Waals surface area (Å²) in [5.41, 5.74) is 3.36. The number of ether oxygens (including phenoxy) is 2. The van der Waals surface area contributed by atoms with Crippen molar-refractivity contribution in [2.24, 2.45) is 0 Å². The maximum absolute atomic E-state index is 13.3. The van der Waals surface area contributed by atoms with Crippen molar-refractivity contribution in [3.63, 3.8) is 0 Å². The quantitative estimate of drug-likeness (QED) is 0.337. The number of piperazine rings is 1. The Morgan fingerprint density at radius 2 is 1.47 bits per heavy atom. The second-order valence-electron chi connectivity index (χ2n) is 9.49. The Bertz CT molecular complexity index is 1440. The molecular weight excluding hydrogens is 480 g/mol. The number of aryl methyl sites for hydroxylation is 1. The molecule has 0 bridgehead atoms. The lowest BCUT2D eigenvalue weighted by atomic mass is 9.96. The number of amides is 1. The summed E-state index contributed by atoms with van der Waals surface area (Å²) in [6, 6.07) is 24.7. The summed E-state index contributed by atoms with van der Waals surface area (Å²) in [6.07, 6.45) is -0.000744. The standard InChI is InChI=1S/C31H32N2O5/c1-21-24-14-15-26(36-2)30(37-3)29(24)38-31(35)25(21)20-27(34)32-16-18-33(19-17-32)28(22-10-6-4-7-11-22)23-12-8-5-9-13-23/h4-15,28H,16-20H2,1-3H3. The smallest absolute Gasteiger partial charge is 0.340 e. The van der Waals surface area contributed by atoms with E-state index in [2.05, 4.69) is 53.4 Å². The summed E-state index contributed by atoms with van der Waals surface area (Å²) in [6.45, 7) is 4.51. The molecule has 0 radical (unpaired) electrons. The van der Waals surface area contributed by atoms with Crippen LogP contribution in [0.15, 0.2) is 82.0 Å². The lowest BCUT2D eigenvalue weighted by molar-refractivity contribution is -0.132. The van der Waals surface area contributed by atoms with E-state index in [0.717, 1.165) is 24.0 Å². The molecule has 1 fully saturated rings. The van der Waals surface area contributed by atoms with Crippen molar-refractivity contribution in [2.75, 3.05) is 40.4 Å². The van der Waals surface area contributed by atoms with Crippen molar-refractivity contribution >= 4 is 16.9 Å². The highest BCUT2D eigenvalue weighted by Crippen LogP contribution is 2.36. The number of fused-ring (bicyclic) bond motifs is 1. The average Bonchev–Trinajstić information content (AvgIpc) is 2.96. The molecule has 1 saturated heterocycles. The summed E-state index contributed by atoms with van der Waals surface area (Å²) in [4.78, 5) is 30.6. The van der Waals surface area contributed by atoms with E-state index >= 15 is 0 Å². The predicted octanol–water partition coefficient (Wildman–Crippen LogP) is 4.59. The minimum Gasteiger partial charge on any atom is -0.493 e. The highest BCUT2D eigenvalue weighted by Gasteiger charge is 2.29. The molecule has 1 aliphatic heterocycles. The van der Waals surface area contributed by atoms with Crippen molar-refractivity contribution in [2.45, 2.75) is 19.4 Å². The number of benzene rings is 3. The molecule has 196 valence electrons. The highest BCUT2D eigenvalue weighted by atomic mass is 16.5. The first-order chi connectivity index (χ1) is 18.5. The minimum absolute atomic E-state index is 0.000744. The molecule has 0 atom stereocenters. The van der Waals surface area contributed by atoms with Gasteiger partial charge < -0.3 is 18.8 Å². The van der Waals surface area contributed by atoms with E-state index in [1.807, 2.05) is 30.0 Å². The summed E-state index contributed by atoms with van der Waals surface area (Å²) < 4.78 is 16.4. The predicted molar refractivity (Wildman–Crippen MR) is 147 cm³/mol. The van der Waals surface area contributed by atoms with Gasteiger partial charge in [0.1, 0.15) is 0 Å². The first-order valence-electron chi connectivity index (χ1n) is 12.8. The maximum atomic E-state index is 13.3. The number of carbonyl (C=O) groups is 1. The Kier molecular flexibility index (Phi) is 7.47. The number of nitrogens with zero attached hydrogens (tertiary/aromatic N) is 2. The van der Waals surface area contributed by atoms with Crippen LogP contribution in [0.25, 0.3) is 11.0 Å².